The van der Waals surface area contributed by atoms with Gasteiger partial charge in [-0.3, -0.25) is 9.59 Å². The minimum atomic E-state index is -0.503. The van der Waals surface area contributed by atoms with Gasteiger partial charge < -0.3 is 14.8 Å². The average Bonchev–Trinajstić information content (AvgIpc) is 3.20. The van der Waals surface area contributed by atoms with Crippen LogP contribution in [0, 0.1) is 17.8 Å². The highest BCUT2D eigenvalue weighted by molar-refractivity contribution is 5.82. The lowest BCUT2D eigenvalue weighted by Crippen LogP contribution is -2.59. The number of hydrogen-bond acceptors (Lipinski definition) is 6. The number of amides is 1. The number of carbonyl (C=O) groups is 2. The lowest BCUT2D eigenvalue weighted by molar-refractivity contribution is -0.170. The predicted molar refractivity (Wildman–Crippen MR) is 96.6 cm³/mol. The predicted octanol–water partition coefficient (Wildman–Crippen LogP) is 2.49. The lowest BCUT2D eigenvalue weighted by atomic mass is 9.51. The van der Waals surface area contributed by atoms with Gasteiger partial charge in [0.2, 0.25) is 5.91 Å². The zero-order valence-electron chi connectivity index (χ0n) is 15.9. The highest BCUT2D eigenvalue weighted by Crippen LogP contribution is 2.72. The van der Waals surface area contributed by atoms with Crippen molar-refractivity contribution in [3.8, 4) is 12.3 Å². The Hall–Kier alpha value is -1.94. The van der Waals surface area contributed by atoms with Gasteiger partial charge in [0.1, 0.15) is 5.41 Å². The van der Waals surface area contributed by atoms with Gasteiger partial charge in [-0.05, 0) is 39.0 Å². The molecule has 27 heavy (non-hydrogen) atoms. The van der Waals surface area contributed by atoms with E-state index >= 15 is 0 Å². The molecule has 4 fully saturated rings. The number of terminal acetylenes is 1. The van der Waals surface area contributed by atoms with Crippen molar-refractivity contribution in [2.24, 2.45) is 15.6 Å². The maximum atomic E-state index is 12.6. The topological polar surface area (TPSA) is 89.4 Å². The van der Waals surface area contributed by atoms with E-state index in [4.69, 9.17) is 15.9 Å². The summed E-state index contributed by atoms with van der Waals surface area (Å²) in [6, 6.07) is 0. The van der Waals surface area contributed by atoms with Crippen LogP contribution in [0.4, 0.5) is 0 Å². The first kappa shape index (κ1) is 18.4. The van der Waals surface area contributed by atoms with Gasteiger partial charge >= 0.3 is 5.97 Å². The van der Waals surface area contributed by atoms with Gasteiger partial charge in [0.25, 0.3) is 0 Å². The van der Waals surface area contributed by atoms with Crippen LogP contribution in [0.3, 0.4) is 0 Å². The Labute approximate surface area is 159 Å². The molecule has 1 N–H and O–H groups in total. The first-order valence-electron chi connectivity index (χ1n) is 9.94. The molecule has 1 spiro atoms. The minimum absolute atomic E-state index is 0.0337. The largest absolute Gasteiger partial charge is 0.465 e. The van der Waals surface area contributed by atoms with Gasteiger partial charge in [-0.1, -0.05) is 0 Å². The second-order valence-electron chi connectivity index (χ2n) is 8.45. The molecule has 0 aromatic heterocycles. The SMILES string of the molecule is C#CCCC1(CCC(=O)NCC23CC(C(=O)OCC)(C2)C2(CCC2)O3)N=N1. The van der Waals surface area contributed by atoms with E-state index in [2.05, 4.69) is 21.5 Å². The van der Waals surface area contributed by atoms with Crippen molar-refractivity contribution >= 4 is 11.9 Å². The molecule has 5 aliphatic rings. The quantitative estimate of drug-likeness (QED) is 0.497. The first-order chi connectivity index (χ1) is 12.9. The summed E-state index contributed by atoms with van der Waals surface area (Å²) < 4.78 is 11.7. The molecule has 1 amide bonds. The Bertz CT molecular complexity index is 707. The highest BCUT2D eigenvalue weighted by atomic mass is 16.6. The molecule has 7 nitrogen and oxygen atoms in total. The Morgan fingerprint density at radius 2 is 2.00 bits per heavy atom. The van der Waals surface area contributed by atoms with E-state index in [-0.39, 0.29) is 17.5 Å². The molecule has 5 rings (SSSR count). The molecule has 2 aliphatic carbocycles. The van der Waals surface area contributed by atoms with E-state index in [1.165, 1.54) is 0 Å². The number of ether oxygens (including phenoxy) is 2. The number of esters is 1. The molecular weight excluding hydrogens is 346 g/mol. The normalized spacial score (nSPS) is 32.9. The number of hydrogen-bond donors (Lipinski definition) is 1. The van der Waals surface area contributed by atoms with Gasteiger partial charge in [0, 0.05) is 32.2 Å². The third-order valence-electron chi connectivity index (χ3n) is 6.77. The third-order valence-corrected chi connectivity index (χ3v) is 6.77. The van der Waals surface area contributed by atoms with Crippen LogP contribution in [0.2, 0.25) is 0 Å². The highest BCUT2D eigenvalue weighted by Gasteiger charge is 2.79. The van der Waals surface area contributed by atoms with Crippen LogP contribution >= 0.6 is 0 Å². The molecule has 0 aromatic rings. The number of rotatable bonds is 9. The van der Waals surface area contributed by atoms with Crippen molar-refractivity contribution in [2.45, 2.75) is 81.6 Å². The summed E-state index contributed by atoms with van der Waals surface area (Å²) in [5, 5.41) is 11.1. The van der Waals surface area contributed by atoms with Crippen LogP contribution < -0.4 is 5.32 Å². The standard InChI is InChI=1S/C20H27N3O4/c1-3-5-10-20(22-23-20)11-7-15(24)21-14-17-12-18(13-17,16(25)26-4-2)19(27-17)8-6-9-19/h1H,4-14H2,2H3,(H,21,24). The molecule has 0 aromatic carbocycles. The fraction of sp³-hybridized carbons (Fsp3) is 0.800. The summed E-state index contributed by atoms with van der Waals surface area (Å²) in [4.78, 5) is 24.9. The van der Waals surface area contributed by atoms with E-state index in [0.717, 1.165) is 19.3 Å². The number of nitrogens with zero attached hydrogens (tertiary/aromatic N) is 2. The van der Waals surface area contributed by atoms with Gasteiger partial charge in [-0.25, -0.2) is 0 Å². The Balaban J connectivity index is 1.28. The minimum Gasteiger partial charge on any atom is -0.465 e. The summed E-state index contributed by atoms with van der Waals surface area (Å²) in [5.41, 5.74) is -1.72. The van der Waals surface area contributed by atoms with Crippen molar-refractivity contribution in [1.82, 2.24) is 5.32 Å². The second-order valence-corrected chi connectivity index (χ2v) is 8.45. The Morgan fingerprint density at radius 3 is 2.56 bits per heavy atom. The maximum Gasteiger partial charge on any atom is 0.315 e. The fourth-order valence-corrected chi connectivity index (χ4v) is 5.12. The van der Waals surface area contributed by atoms with Crippen molar-refractivity contribution in [2.75, 3.05) is 13.2 Å². The van der Waals surface area contributed by atoms with Crippen molar-refractivity contribution in [3.05, 3.63) is 0 Å². The number of nitrogens with one attached hydrogen (secondary N) is 1. The van der Waals surface area contributed by atoms with Crippen LogP contribution in [-0.2, 0) is 19.1 Å². The van der Waals surface area contributed by atoms with Crippen LogP contribution in [0.15, 0.2) is 10.2 Å². The molecular formula is C20H27N3O4. The molecule has 146 valence electrons. The van der Waals surface area contributed by atoms with E-state index in [9.17, 15) is 9.59 Å². The molecule has 2 saturated heterocycles. The molecule has 0 radical (unpaired) electrons. The zero-order chi connectivity index (χ0) is 19.2. The number of carbonyl (C=O) groups excluding carboxylic acids is 2. The van der Waals surface area contributed by atoms with Gasteiger partial charge in [0.15, 0.2) is 5.66 Å². The second kappa shape index (κ2) is 6.30. The van der Waals surface area contributed by atoms with Crippen molar-refractivity contribution in [1.29, 1.82) is 0 Å². The van der Waals surface area contributed by atoms with E-state index < -0.39 is 16.7 Å². The Morgan fingerprint density at radius 1 is 1.26 bits per heavy atom. The smallest absolute Gasteiger partial charge is 0.315 e. The van der Waals surface area contributed by atoms with Crippen LogP contribution in [-0.4, -0.2) is 41.9 Å². The molecule has 3 aliphatic heterocycles. The molecule has 0 atom stereocenters. The summed E-state index contributed by atoms with van der Waals surface area (Å²) in [6.07, 6.45) is 11.7. The molecule has 2 bridgehead atoms. The van der Waals surface area contributed by atoms with Gasteiger partial charge in [-0.2, -0.15) is 10.2 Å². The summed E-state index contributed by atoms with van der Waals surface area (Å²) in [5.74, 6) is 2.43. The molecule has 2 saturated carbocycles. The van der Waals surface area contributed by atoms with E-state index in [1.807, 2.05) is 6.92 Å². The van der Waals surface area contributed by atoms with Crippen LogP contribution in [0.25, 0.3) is 0 Å². The van der Waals surface area contributed by atoms with E-state index in [0.29, 0.717) is 51.7 Å². The molecule has 3 heterocycles. The molecule has 7 heteroatoms. The summed E-state index contributed by atoms with van der Waals surface area (Å²) >= 11 is 0. The monoisotopic (exact) mass is 373 g/mol. The summed E-state index contributed by atoms with van der Waals surface area (Å²) in [7, 11) is 0. The maximum absolute atomic E-state index is 12.6. The van der Waals surface area contributed by atoms with Crippen LogP contribution in [0.5, 0.6) is 0 Å². The third kappa shape index (κ3) is 2.85. The van der Waals surface area contributed by atoms with Crippen LogP contribution in [0.1, 0.15) is 64.7 Å². The Kier molecular flexibility index (Phi) is 4.30. The first-order valence-corrected chi connectivity index (χ1v) is 9.94. The molecule has 0 unspecified atom stereocenters. The zero-order valence-corrected chi connectivity index (χ0v) is 15.9. The van der Waals surface area contributed by atoms with Crippen molar-refractivity contribution in [3.63, 3.8) is 0 Å². The summed E-state index contributed by atoms with van der Waals surface area (Å²) in [6.45, 7) is 2.66. The van der Waals surface area contributed by atoms with Gasteiger partial charge in [0.05, 0.1) is 17.8 Å². The fourth-order valence-electron chi connectivity index (χ4n) is 5.12. The van der Waals surface area contributed by atoms with Crippen molar-refractivity contribution < 1.29 is 19.1 Å². The van der Waals surface area contributed by atoms with E-state index in [1.54, 1.807) is 0 Å². The average molecular weight is 373 g/mol. The van der Waals surface area contributed by atoms with Gasteiger partial charge in [-0.15, -0.1) is 12.3 Å². The lowest BCUT2D eigenvalue weighted by Gasteiger charge is -2.49.